The first kappa shape index (κ1) is 39.5. The minimum Gasteiger partial charge on any atom is -0.488 e. The highest BCUT2D eigenvalue weighted by Crippen LogP contribution is 2.39. The summed E-state index contributed by atoms with van der Waals surface area (Å²) in [5.41, 5.74) is 3.34. The molecule has 2 amide bonds. The molecule has 0 N–H and O–H groups in total. The molecule has 5 aromatic rings. The molecule has 0 radical (unpaired) electrons. The quantitative estimate of drug-likeness (QED) is 0.162. The number of hydrogen-bond donors (Lipinski definition) is 0. The van der Waals surface area contributed by atoms with E-state index in [4.69, 9.17) is 23.9 Å². The number of carbonyl (C=O) groups is 2. The van der Waals surface area contributed by atoms with Gasteiger partial charge in [0, 0.05) is 60.3 Å². The van der Waals surface area contributed by atoms with E-state index in [1.165, 1.54) is 18.2 Å². The summed E-state index contributed by atoms with van der Waals surface area (Å²) in [7, 11) is 0. The Bertz CT molecular complexity index is 2300. The highest BCUT2D eigenvalue weighted by molar-refractivity contribution is 5.91. The average molecular weight is 782 g/mol. The van der Waals surface area contributed by atoms with E-state index in [1.807, 2.05) is 71.9 Å². The summed E-state index contributed by atoms with van der Waals surface area (Å²) >= 11 is 0. The molecule has 7 rings (SSSR count). The molecule has 0 aliphatic carbocycles. The molecule has 3 heterocycles. The lowest BCUT2D eigenvalue weighted by atomic mass is 9.97. The molecular formula is C45H46F3N3O6. The van der Waals surface area contributed by atoms with Gasteiger partial charge in [-0.3, -0.25) is 4.98 Å². The predicted molar refractivity (Wildman–Crippen MR) is 212 cm³/mol. The van der Waals surface area contributed by atoms with Gasteiger partial charge in [-0.1, -0.05) is 24.3 Å². The Morgan fingerprint density at radius 2 is 1.18 bits per heavy atom. The monoisotopic (exact) mass is 781 g/mol. The number of pyridine rings is 1. The minimum absolute atomic E-state index is 0.277. The number of hydrogen-bond acceptors (Lipinski definition) is 7. The van der Waals surface area contributed by atoms with Crippen LogP contribution in [0.15, 0.2) is 85.1 Å². The summed E-state index contributed by atoms with van der Waals surface area (Å²) in [5, 5.41) is 0.721. The zero-order valence-electron chi connectivity index (χ0n) is 32.9. The number of ether oxygens (including phenoxy) is 4. The Morgan fingerprint density at radius 1 is 0.614 bits per heavy atom. The molecular weight excluding hydrogens is 736 g/mol. The molecule has 2 aliphatic heterocycles. The fourth-order valence-electron chi connectivity index (χ4n) is 6.96. The first-order chi connectivity index (χ1) is 27.0. The Hall–Kier alpha value is -5.78. The Morgan fingerprint density at radius 3 is 1.77 bits per heavy atom. The van der Waals surface area contributed by atoms with Crippen LogP contribution >= 0.6 is 0 Å². The molecule has 9 nitrogen and oxygen atoms in total. The van der Waals surface area contributed by atoms with E-state index in [-0.39, 0.29) is 24.1 Å². The van der Waals surface area contributed by atoms with Crippen molar-refractivity contribution in [2.45, 2.75) is 77.8 Å². The summed E-state index contributed by atoms with van der Waals surface area (Å²) in [6.45, 7) is 12.5. The number of amides is 2. The largest absolute Gasteiger partial charge is 0.488 e. The van der Waals surface area contributed by atoms with Crippen LogP contribution in [0, 0.1) is 17.5 Å². The van der Waals surface area contributed by atoms with Crippen molar-refractivity contribution in [3.8, 4) is 44.9 Å². The summed E-state index contributed by atoms with van der Waals surface area (Å²) in [4.78, 5) is 33.5. The van der Waals surface area contributed by atoms with Crippen LogP contribution in [-0.4, -0.2) is 76.6 Å². The van der Waals surface area contributed by atoms with Crippen molar-refractivity contribution in [1.82, 2.24) is 14.8 Å². The maximum absolute atomic E-state index is 14.6. The van der Waals surface area contributed by atoms with E-state index in [9.17, 15) is 22.8 Å². The second kappa shape index (κ2) is 15.6. The van der Waals surface area contributed by atoms with E-state index >= 15 is 0 Å². The van der Waals surface area contributed by atoms with E-state index in [0.717, 1.165) is 39.8 Å². The first-order valence-electron chi connectivity index (χ1n) is 19.1. The van der Waals surface area contributed by atoms with Gasteiger partial charge in [0.05, 0.1) is 18.6 Å². The number of nitrogens with zero attached hydrogens (tertiary/aromatic N) is 3. The smallest absolute Gasteiger partial charge is 0.410 e. The molecule has 4 aromatic carbocycles. The zero-order chi connectivity index (χ0) is 40.6. The highest BCUT2D eigenvalue weighted by atomic mass is 19.2. The highest BCUT2D eigenvalue weighted by Gasteiger charge is 2.33. The van der Waals surface area contributed by atoms with Crippen LogP contribution < -0.4 is 9.47 Å². The first-order valence-corrected chi connectivity index (χ1v) is 19.1. The Kier molecular flexibility index (Phi) is 10.8. The van der Waals surface area contributed by atoms with Crippen molar-refractivity contribution in [2.75, 3.05) is 26.2 Å². The van der Waals surface area contributed by atoms with Crippen molar-refractivity contribution >= 4 is 23.1 Å². The van der Waals surface area contributed by atoms with Gasteiger partial charge in [0.15, 0.2) is 11.6 Å². The molecule has 0 saturated carbocycles. The number of rotatable bonds is 7. The van der Waals surface area contributed by atoms with Crippen LogP contribution in [0.3, 0.4) is 0 Å². The van der Waals surface area contributed by atoms with Crippen molar-refractivity contribution in [3.05, 3.63) is 103 Å². The van der Waals surface area contributed by atoms with Crippen LogP contribution in [0.2, 0.25) is 0 Å². The minimum atomic E-state index is -0.992. The van der Waals surface area contributed by atoms with Gasteiger partial charge in [-0.05, 0) is 107 Å². The van der Waals surface area contributed by atoms with Crippen LogP contribution in [0.25, 0.3) is 44.3 Å². The summed E-state index contributed by atoms with van der Waals surface area (Å²) in [6.07, 6.45) is 1.46. The second-order valence-corrected chi connectivity index (χ2v) is 16.5. The third kappa shape index (κ3) is 9.44. The fourth-order valence-corrected chi connectivity index (χ4v) is 6.96. The molecule has 1 aromatic heterocycles. The van der Waals surface area contributed by atoms with E-state index < -0.39 is 28.9 Å². The van der Waals surface area contributed by atoms with Gasteiger partial charge < -0.3 is 28.7 Å². The van der Waals surface area contributed by atoms with Crippen molar-refractivity contribution < 1.29 is 41.7 Å². The lowest BCUT2D eigenvalue weighted by molar-refractivity contribution is 0.0266. The van der Waals surface area contributed by atoms with Gasteiger partial charge in [-0.25, -0.2) is 22.8 Å². The van der Waals surface area contributed by atoms with Gasteiger partial charge in [0.1, 0.15) is 40.7 Å². The van der Waals surface area contributed by atoms with Crippen LogP contribution in [0.1, 0.15) is 54.4 Å². The standard InChI is InChI=1S/C45H46F3N3O6/c1-44(2,3)56-42(52)50-17-15-33(25-50)54-40-14-10-28(20-35(40)27-7-11-32(46)12-8-27)31-19-30-21-36(29-9-13-37(47)38(48)22-29)41(23-39(30)49-24-31)55-34-16-18-51(26-34)43(53)57-45(4,5)6/h7-14,19-24,33-34H,15-18,25-26H2,1-6H3/t33-,34-/m0/s1. The van der Waals surface area contributed by atoms with Crippen LogP contribution in [-0.2, 0) is 9.47 Å². The number of fused-ring (bicyclic) bond motifs is 1. The summed E-state index contributed by atoms with van der Waals surface area (Å²) in [6, 6.07) is 21.2. The Balaban J connectivity index is 1.20. The SMILES string of the molecule is CC(C)(C)OC(=O)N1CC[C@H](Oc2ccc(-c3cnc4cc(O[C@H]5CCN(C(=O)OC(C)(C)C)C5)c(-c5ccc(F)c(F)c5)cc4c3)cc2-c2ccc(F)cc2)C1. The molecule has 298 valence electrons. The summed E-state index contributed by atoms with van der Waals surface area (Å²) in [5.74, 6) is -1.33. The van der Waals surface area contributed by atoms with Gasteiger partial charge >= 0.3 is 12.2 Å². The van der Waals surface area contributed by atoms with Crippen molar-refractivity contribution in [1.29, 1.82) is 0 Å². The Labute approximate surface area is 330 Å². The topological polar surface area (TPSA) is 90.4 Å². The normalized spacial score (nSPS) is 17.2. The van der Waals surface area contributed by atoms with Crippen molar-refractivity contribution in [3.63, 3.8) is 0 Å². The fraction of sp³-hybridized carbons (Fsp3) is 0.356. The van der Waals surface area contributed by atoms with Crippen LogP contribution in [0.5, 0.6) is 11.5 Å². The van der Waals surface area contributed by atoms with E-state index in [0.29, 0.717) is 67.2 Å². The molecule has 2 aliphatic rings. The molecule has 0 bridgehead atoms. The van der Waals surface area contributed by atoms with Gasteiger partial charge in [-0.15, -0.1) is 0 Å². The average Bonchev–Trinajstić information content (AvgIpc) is 3.82. The number of halogens is 3. The molecule has 0 unspecified atom stereocenters. The van der Waals surface area contributed by atoms with Gasteiger partial charge in [0.2, 0.25) is 0 Å². The third-order valence-electron chi connectivity index (χ3n) is 9.66. The molecule has 2 fully saturated rings. The van der Waals surface area contributed by atoms with Crippen LogP contribution in [0.4, 0.5) is 22.8 Å². The molecule has 2 saturated heterocycles. The molecule has 2 atom stereocenters. The maximum atomic E-state index is 14.6. The molecule has 12 heteroatoms. The van der Waals surface area contributed by atoms with E-state index in [2.05, 4.69) is 0 Å². The number of aromatic nitrogens is 1. The van der Waals surface area contributed by atoms with Gasteiger partial charge in [-0.2, -0.15) is 0 Å². The third-order valence-corrected chi connectivity index (χ3v) is 9.66. The molecule has 57 heavy (non-hydrogen) atoms. The lowest BCUT2D eigenvalue weighted by Crippen LogP contribution is -2.36. The number of benzene rings is 4. The second-order valence-electron chi connectivity index (χ2n) is 16.5. The number of likely N-dealkylation sites (tertiary alicyclic amines) is 2. The summed E-state index contributed by atoms with van der Waals surface area (Å²) < 4.78 is 66.8. The predicted octanol–water partition coefficient (Wildman–Crippen LogP) is 10.4. The van der Waals surface area contributed by atoms with Gasteiger partial charge in [0.25, 0.3) is 0 Å². The lowest BCUT2D eigenvalue weighted by Gasteiger charge is -2.24. The number of carbonyl (C=O) groups excluding carboxylic acids is 2. The van der Waals surface area contributed by atoms with E-state index in [1.54, 1.807) is 34.2 Å². The maximum Gasteiger partial charge on any atom is 0.410 e. The molecule has 0 spiro atoms. The zero-order valence-corrected chi connectivity index (χ0v) is 32.9. The van der Waals surface area contributed by atoms with Crippen molar-refractivity contribution in [2.24, 2.45) is 0 Å².